The zero-order chi connectivity index (χ0) is 21.8. The number of carbonyl (C=O) groups is 2. The number of aliphatic carboxylic acids is 1. The number of benzene rings is 2. The van der Waals surface area contributed by atoms with E-state index < -0.39 is 11.2 Å². The highest BCUT2D eigenvalue weighted by Crippen LogP contribution is 2.27. The maximum atomic E-state index is 12.3. The van der Waals surface area contributed by atoms with Crippen molar-refractivity contribution in [3.8, 4) is 11.4 Å². The van der Waals surface area contributed by atoms with Crippen LogP contribution in [0.15, 0.2) is 47.6 Å². The van der Waals surface area contributed by atoms with Gasteiger partial charge < -0.3 is 15.0 Å². The number of carbonyl (C=O) groups excluding carboxylic acids is 1. The quantitative estimate of drug-likeness (QED) is 0.498. The van der Waals surface area contributed by atoms with E-state index in [1.54, 1.807) is 48.9 Å². The Hall–Kier alpha value is -2.55. The molecular weight excluding hydrogens is 447 g/mol. The lowest BCUT2D eigenvalue weighted by Gasteiger charge is -2.08. The van der Waals surface area contributed by atoms with Crippen molar-refractivity contribution in [2.24, 2.45) is 7.05 Å². The van der Waals surface area contributed by atoms with E-state index in [0.29, 0.717) is 26.7 Å². The van der Waals surface area contributed by atoms with Gasteiger partial charge in [0.05, 0.1) is 16.5 Å². The molecule has 0 aliphatic heterocycles. The summed E-state index contributed by atoms with van der Waals surface area (Å²) in [4.78, 5) is 23.3. The standard InChI is InChI=1S/C20H18Cl2N4O3S/c1-11(19(28)29)30-20-25-24-18(26(20)2)13-4-6-14(7-5-13)23-17(27)10-12-3-8-15(21)16(22)9-12/h3-9,11H,10H2,1-2H3,(H,23,27)(H,28,29). The van der Waals surface area contributed by atoms with E-state index in [9.17, 15) is 9.59 Å². The number of carboxylic acid groups (broad SMARTS) is 1. The Labute approximate surface area is 187 Å². The number of anilines is 1. The minimum Gasteiger partial charge on any atom is -0.480 e. The predicted octanol–water partition coefficient (Wildman–Crippen LogP) is 4.54. The Bertz CT molecular complexity index is 1090. The van der Waals surface area contributed by atoms with Crippen molar-refractivity contribution in [2.75, 3.05) is 5.32 Å². The summed E-state index contributed by atoms with van der Waals surface area (Å²) in [5.41, 5.74) is 2.20. The maximum absolute atomic E-state index is 12.3. The first-order valence-electron chi connectivity index (χ1n) is 8.87. The number of thioether (sulfide) groups is 1. The van der Waals surface area contributed by atoms with Gasteiger partial charge in [-0.05, 0) is 48.9 Å². The van der Waals surface area contributed by atoms with E-state index in [1.165, 1.54) is 0 Å². The zero-order valence-electron chi connectivity index (χ0n) is 16.1. The van der Waals surface area contributed by atoms with Crippen LogP contribution in [0, 0.1) is 0 Å². The number of halogens is 2. The van der Waals surface area contributed by atoms with Crippen LogP contribution < -0.4 is 5.32 Å². The van der Waals surface area contributed by atoms with Gasteiger partial charge in [0, 0.05) is 18.3 Å². The number of hydrogen-bond acceptors (Lipinski definition) is 5. The molecule has 1 heterocycles. The normalized spacial score (nSPS) is 11.9. The third kappa shape index (κ3) is 5.33. The number of nitrogens with one attached hydrogen (secondary N) is 1. The molecule has 0 aliphatic rings. The second-order valence-electron chi connectivity index (χ2n) is 6.51. The molecular formula is C20H18Cl2N4O3S. The summed E-state index contributed by atoms with van der Waals surface area (Å²) in [5.74, 6) is -0.490. The summed E-state index contributed by atoms with van der Waals surface area (Å²) in [6.45, 7) is 1.59. The molecule has 0 aliphatic carbocycles. The summed E-state index contributed by atoms with van der Waals surface area (Å²) in [7, 11) is 1.78. The van der Waals surface area contributed by atoms with Crippen molar-refractivity contribution in [1.29, 1.82) is 0 Å². The molecule has 1 unspecified atom stereocenters. The van der Waals surface area contributed by atoms with E-state index in [4.69, 9.17) is 28.3 Å². The van der Waals surface area contributed by atoms with Gasteiger partial charge in [0.2, 0.25) is 5.91 Å². The van der Waals surface area contributed by atoms with Crippen LogP contribution in [-0.4, -0.2) is 37.0 Å². The van der Waals surface area contributed by atoms with Gasteiger partial charge in [-0.3, -0.25) is 9.59 Å². The first-order chi connectivity index (χ1) is 14.2. The van der Waals surface area contributed by atoms with Crippen molar-refractivity contribution >= 4 is 52.5 Å². The average Bonchev–Trinajstić information content (AvgIpc) is 3.05. The SMILES string of the molecule is CC(Sc1nnc(-c2ccc(NC(=O)Cc3ccc(Cl)c(Cl)c3)cc2)n1C)C(=O)O. The first-order valence-corrected chi connectivity index (χ1v) is 10.5. The van der Waals surface area contributed by atoms with Gasteiger partial charge in [-0.15, -0.1) is 10.2 Å². The lowest BCUT2D eigenvalue weighted by atomic mass is 10.1. The van der Waals surface area contributed by atoms with Gasteiger partial charge in [0.15, 0.2) is 11.0 Å². The van der Waals surface area contributed by atoms with Crippen LogP contribution in [0.2, 0.25) is 10.0 Å². The topological polar surface area (TPSA) is 97.1 Å². The molecule has 30 heavy (non-hydrogen) atoms. The van der Waals surface area contributed by atoms with E-state index in [2.05, 4.69) is 15.5 Å². The number of rotatable bonds is 7. The molecule has 2 N–H and O–H groups in total. The van der Waals surface area contributed by atoms with Gasteiger partial charge in [0.1, 0.15) is 5.25 Å². The molecule has 0 fully saturated rings. The van der Waals surface area contributed by atoms with Crippen LogP contribution in [0.1, 0.15) is 12.5 Å². The number of nitrogens with zero attached hydrogens (tertiary/aromatic N) is 3. The van der Waals surface area contributed by atoms with Crippen molar-refractivity contribution in [2.45, 2.75) is 23.8 Å². The monoisotopic (exact) mass is 464 g/mol. The minimum atomic E-state index is -0.912. The van der Waals surface area contributed by atoms with Crippen molar-refractivity contribution in [3.63, 3.8) is 0 Å². The molecule has 0 saturated carbocycles. The molecule has 3 aromatic rings. The van der Waals surface area contributed by atoms with E-state index in [-0.39, 0.29) is 12.3 Å². The van der Waals surface area contributed by atoms with Crippen LogP contribution in [0.3, 0.4) is 0 Å². The molecule has 2 aromatic carbocycles. The molecule has 156 valence electrons. The molecule has 0 radical (unpaired) electrons. The summed E-state index contributed by atoms with van der Waals surface area (Å²) in [5, 5.41) is 20.8. The summed E-state index contributed by atoms with van der Waals surface area (Å²) in [6.07, 6.45) is 0.171. The van der Waals surface area contributed by atoms with Crippen molar-refractivity contribution < 1.29 is 14.7 Å². The highest BCUT2D eigenvalue weighted by atomic mass is 35.5. The first kappa shape index (κ1) is 22.1. The third-order valence-electron chi connectivity index (χ3n) is 4.24. The minimum absolute atomic E-state index is 0.171. The van der Waals surface area contributed by atoms with Crippen LogP contribution >= 0.6 is 35.0 Å². The van der Waals surface area contributed by atoms with Gasteiger partial charge in [0.25, 0.3) is 0 Å². The fraction of sp³-hybridized carbons (Fsp3) is 0.200. The molecule has 0 bridgehead atoms. The second kappa shape index (κ2) is 9.51. The van der Waals surface area contributed by atoms with E-state index in [0.717, 1.165) is 22.9 Å². The lowest BCUT2D eigenvalue weighted by molar-refractivity contribution is -0.136. The smallest absolute Gasteiger partial charge is 0.316 e. The number of aromatic nitrogens is 3. The van der Waals surface area contributed by atoms with Crippen molar-refractivity contribution in [3.05, 3.63) is 58.1 Å². The zero-order valence-corrected chi connectivity index (χ0v) is 18.4. The molecule has 0 spiro atoms. The third-order valence-corrected chi connectivity index (χ3v) is 6.10. The van der Waals surface area contributed by atoms with Gasteiger partial charge in [-0.1, -0.05) is 41.0 Å². The number of amides is 1. The van der Waals surface area contributed by atoms with E-state index in [1.807, 2.05) is 12.1 Å². The van der Waals surface area contributed by atoms with Gasteiger partial charge in [-0.25, -0.2) is 0 Å². The lowest BCUT2D eigenvalue weighted by Crippen LogP contribution is -2.14. The highest BCUT2D eigenvalue weighted by Gasteiger charge is 2.18. The summed E-state index contributed by atoms with van der Waals surface area (Å²) in [6, 6.07) is 12.2. The van der Waals surface area contributed by atoms with Crippen LogP contribution in [-0.2, 0) is 23.1 Å². The summed E-state index contributed by atoms with van der Waals surface area (Å²) >= 11 is 13.0. The molecule has 1 amide bonds. The highest BCUT2D eigenvalue weighted by molar-refractivity contribution is 8.00. The van der Waals surface area contributed by atoms with Gasteiger partial charge in [-0.2, -0.15) is 0 Å². The van der Waals surface area contributed by atoms with E-state index >= 15 is 0 Å². The Balaban J connectivity index is 1.66. The van der Waals surface area contributed by atoms with Crippen LogP contribution in [0.4, 0.5) is 5.69 Å². The molecule has 10 heteroatoms. The van der Waals surface area contributed by atoms with Crippen LogP contribution in [0.25, 0.3) is 11.4 Å². The molecule has 0 saturated heterocycles. The largest absolute Gasteiger partial charge is 0.480 e. The fourth-order valence-corrected chi connectivity index (χ4v) is 3.69. The van der Waals surface area contributed by atoms with Crippen molar-refractivity contribution in [1.82, 2.24) is 14.8 Å². The summed E-state index contributed by atoms with van der Waals surface area (Å²) < 4.78 is 1.74. The Morgan fingerprint density at radius 3 is 2.47 bits per heavy atom. The second-order valence-corrected chi connectivity index (χ2v) is 8.64. The number of carboxylic acids is 1. The Morgan fingerprint density at radius 1 is 1.13 bits per heavy atom. The molecule has 1 atom stereocenters. The Morgan fingerprint density at radius 2 is 1.83 bits per heavy atom. The molecule has 7 nitrogen and oxygen atoms in total. The molecule has 1 aromatic heterocycles. The predicted molar refractivity (Wildman–Crippen MR) is 118 cm³/mol. The van der Waals surface area contributed by atoms with Gasteiger partial charge >= 0.3 is 5.97 Å². The average molecular weight is 465 g/mol. The Kier molecular flexibility index (Phi) is 7.02. The fourth-order valence-electron chi connectivity index (χ4n) is 2.62. The molecule has 3 rings (SSSR count). The number of hydrogen-bond donors (Lipinski definition) is 2. The maximum Gasteiger partial charge on any atom is 0.316 e. The van der Waals surface area contributed by atoms with Crippen LogP contribution in [0.5, 0.6) is 0 Å².